The topological polar surface area (TPSA) is 140 Å². The van der Waals surface area contributed by atoms with E-state index in [2.05, 4.69) is 5.32 Å². The standard InChI is InChI=1S/C37H46ClF3N6O5/c38-30-19-23(18-29(34(30)42)37(39,40)41)17-27(35(51)46-13-7-25(8-14-46)24-5-11-44(12-6-24)22-33(49)50)20-32(48)45-15-9-28(10-16-45)47-21-26-3-1-2-4-31(26)43-36(47)52/h1-4,18-19,24-25,27-28H,5-17,20-22,42H2,(H,43,52)(H,49,50). The number of hydrogen-bond acceptors (Lipinski definition) is 6. The first-order valence-corrected chi connectivity index (χ1v) is 18.5. The van der Waals surface area contributed by atoms with Gasteiger partial charge >= 0.3 is 18.2 Å². The van der Waals surface area contributed by atoms with E-state index >= 15 is 0 Å². The van der Waals surface area contributed by atoms with Gasteiger partial charge in [0.05, 0.1) is 28.7 Å². The van der Waals surface area contributed by atoms with Gasteiger partial charge in [-0.25, -0.2) is 4.79 Å². The van der Waals surface area contributed by atoms with Crippen LogP contribution in [0.15, 0.2) is 36.4 Å². The van der Waals surface area contributed by atoms with E-state index in [4.69, 9.17) is 22.4 Å². The van der Waals surface area contributed by atoms with Crippen molar-refractivity contribution >= 4 is 46.8 Å². The van der Waals surface area contributed by atoms with Crippen molar-refractivity contribution in [3.8, 4) is 0 Å². The third-order valence-corrected chi connectivity index (χ3v) is 11.7. The second-order valence-corrected chi connectivity index (χ2v) is 15.0. The first-order valence-electron chi connectivity index (χ1n) is 18.1. The highest BCUT2D eigenvalue weighted by Crippen LogP contribution is 2.39. The molecule has 15 heteroatoms. The fourth-order valence-electron chi connectivity index (χ4n) is 8.47. The highest BCUT2D eigenvalue weighted by molar-refractivity contribution is 6.33. The zero-order valence-electron chi connectivity index (χ0n) is 29.0. The quantitative estimate of drug-likeness (QED) is 0.286. The predicted molar refractivity (Wildman–Crippen MR) is 189 cm³/mol. The number of nitrogen functional groups attached to an aromatic ring is 1. The van der Waals surface area contributed by atoms with Gasteiger partial charge in [0.25, 0.3) is 0 Å². The van der Waals surface area contributed by atoms with Crippen molar-refractivity contribution < 1.29 is 37.5 Å². The first kappa shape index (κ1) is 37.7. The molecule has 3 fully saturated rings. The molecule has 3 saturated heterocycles. The van der Waals surface area contributed by atoms with E-state index in [-0.39, 0.29) is 53.9 Å². The maximum atomic E-state index is 14.1. The smallest absolute Gasteiger partial charge is 0.418 e. The molecule has 0 aliphatic carbocycles. The number of piperidine rings is 3. The second kappa shape index (κ2) is 15.9. The minimum absolute atomic E-state index is 0.0338. The number of amides is 4. The number of alkyl halides is 3. The zero-order valence-corrected chi connectivity index (χ0v) is 29.8. The van der Waals surface area contributed by atoms with E-state index in [9.17, 15) is 32.3 Å². The number of nitrogens with one attached hydrogen (secondary N) is 1. The van der Waals surface area contributed by atoms with Crippen LogP contribution in [0.4, 0.5) is 29.3 Å². The Kier molecular flexibility index (Phi) is 11.5. The van der Waals surface area contributed by atoms with Gasteiger partial charge < -0.3 is 30.9 Å². The number of likely N-dealkylation sites (tertiary alicyclic amines) is 3. The monoisotopic (exact) mass is 746 g/mol. The number of hydrogen-bond donors (Lipinski definition) is 3. The summed E-state index contributed by atoms with van der Waals surface area (Å²) in [4.78, 5) is 59.1. The summed E-state index contributed by atoms with van der Waals surface area (Å²) in [6, 6.07) is 9.64. The zero-order chi connectivity index (χ0) is 37.2. The summed E-state index contributed by atoms with van der Waals surface area (Å²) >= 11 is 6.14. The number of halogens is 4. The SMILES string of the molecule is Nc1c(Cl)cc(CC(CC(=O)N2CCC(N3Cc4ccccc4NC3=O)CC2)C(=O)N2CCC(C3CCN(CC(=O)O)CC3)CC2)cc1C(F)(F)F. The van der Waals surface area contributed by atoms with E-state index in [0.29, 0.717) is 57.4 Å². The molecule has 0 spiro atoms. The Labute approximate surface area is 306 Å². The van der Waals surface area contributed by atoms with Crippen LogP contribution in [-0.2, 0) is 33.5 Å². The van der Waals surface area contributed by atoms with Crippen LogP contribution < -0.4 is 11.1 Å². The number of nitrogens with zero attached hydrogens (tertiary/aromatic N) is 4. The van der Waals surface area contributed by atoms with Crippen molar-refractivity contribution in [1.29, 1.82) is 0 Å². The van der Waals surface area contributed by atoms with Gasteiger partial charge in [-0.1, -0.05) is 29.8 Å². The van der Waals surface area contributed by atoms with Gasteiger partial charge in [0, 0.05) is 50.9 Å². The molecule has 0 bridgehead atoms. The Morgan fingerprint density at radius 1 is 0.923 bits per heavy atom. The van der Waals surface area contributed by atoms with Crippen molar-refractivity contribution in [1.82, 2.24) is 19.6 Å². The lowest BCUT2D eigenvalue weighted by molar-refractivity contribution is -0.143. The summed E-state index contributed by atoms with van der Waals surface area (Å²) in [5.74, 6) is -1.46. The van der Waals surface area contributed by atoms with Gasteiger partial charge in [0.15, 0.2) is 0 Å². The maximum Gasteiger partial charge on any atom is 0.418 e. The largest absolute Gasteiger partial charge is 0.480 e. The lowest BCUT2D eigenvalue weighted by Gasteiger charge is -2.41. The van der Waals surface area contributed by atoms with Crippen molar-refractivity contribution in [2.24, 2.45) is 17.8 Å². The fourth-order valence-corrected chi connectivity index (χ4v) is 8.71. The minimum Gasteiger partial charge on any atom is -0.480 e. The van der Waals surface area contributed by atoms with Gasteiger partial charge in [-0.05, 0) is 99.2 Å². The van der Waals surface area contributed by atoms with Crippen LogP contribution in [0.25, 0.3) is 0 Å². The van der Waals surface area contributed by atoms with Crippen molar-refractivity contribution in [2.75, 3.05) is 56.9 Å². The summed E-state index contributed by atoms with van der Waals surface area (Å²) in [5.41, 5.74) is 6.01. The molecule has 4 heterocycles. The molecule has 0 radical (unpaired) electrons. The Bertz CT molecular complexity index is 1650. The second-order valence-electron chi connectivity index (χ2n) is 14.6. The van der Waals surface area contributed by atoms with Crippen LogP contribution >= 0.6 is 11.6 Å². The number of benzene rings is 2. The number of anilines is 2. The maximum absolute atomic E-state index is 14.1. The van der Waals surface area contributed by atoms with E-state index in [1.54, 1.807) is 14.7 Å². The van der Waals surface area contributed by atoms with Crippen molar-refractivity contribution in [3.05, 3.63) is 58.1 Å². The number of para-hydroxylation sites is 1. The van der Waals surface area contributed by atoms with Crippen LogP contribution in [0.1, 0.15) is 61.6 Å². The number of aliphatic carboxylic acids is 1. The lowest BCUT2D eigenvalue weighted by atomic mass is 9.78. The van der Waals surface area contributed by atoms with Gasteiger partial charge in [-0.15, -0.1) is 0 Å². The molecule has 52 heavy (non-hydrogen) atoms. The van der Waals surface area contributed by atoms with Crippen LogP contribution in [0.3, 0.4) is 0 Å². The molecule has 0 aromatic heterocycles. The lowest BCUT2D eigenvalue weighted by Crippen LogP contribution is -2.51. The van der Waals surface area contributed by atoms with Gasteiger partial charge in [-0.2, -0.15) is 13.2 Å². The third kappa shape index (κ3) is 8.76. The summed E-state index contributed by atoms with van der Waals surface area (Å²) < 4.78 is 41.5. The molecule has 2 aromatic carbocycles. The van der Waals surface area contributed by atoms with Crippen LogP contribution in [-0.4, -0.2) is 100 Å². The number of fused-ring (bicyclic) bond motifs is 1. The third-order valence-electron chi connectivity index (χ3n) is 11.4. The predicted octanol–water partition coefficient (Wildman–Crippen LogP) is 5.56. The average molecular weight is 747 g/mol. The Balaban J connectivity index is 1.11. The van der Waals surface area contributed by atoms with Gasteiger partial charge in [-0.3, -0.25) is 19.3 Å². The summed E-state index contributed by atoms with van der Waals surface area (Å²) in [6.45, 7) is 3.69. The van der Waals surface area contributed by atoms with Gasteiger partial charge in [0.2, 0.25) is 11.8 Å². The average Bonchev–Trinajstić information content (AvgIpc) is 3.12. The number of nitrogens with two attached hydrogens (primary N) is 1. The first-order chi connectivity index (χ1) is 24.8. The number of carboxylic acid groups (broad SMARTS) is 1. The molecule has 4 amide bonds. The van der Waals surface area contributed by atoms with E-state index < -0.39 is 29.3 Å². The fraction of sp³-hybridized carbons (Fsp3) is 0.568. The Morgan fingerprint density at radius 2 is 1.54 bits per heavy atom. The number of carboxylic acids is 1. The molecular formula is C37H46ClF3N6O5. The van der Waals surface area contributed by atoms with E-state index in [1.165, 1.54) is 6.07 Å². The summed E-state index contributed by atoms with van der Waals surface area (Å²) in [7, 11) is 0. The van der Waals surface area contributed by atoms with Gasteiger partial charge in [0.1, 0.15) is 0 Å². The van der Waals surface area contributed by atoms with Crippen LogP contribution in [0.5, 0.6) is 0 Å². The van der Waals surface area contributed by atoms with E-state index in [0.717, 1.165) is 56.1 Å². The molecule has 0 saturated carbocycles. The summed E-state index contributed by atoms with van der Waals surface area (Å²) in [5, 5.41) is 11.8. The minimum atomic E-state index is -4.75. The highest BCUT2D eigenvalue weighted by atomic mass is 35.5. The molecular weight excluding hydrogens is 701 g/mol. The molecule has 282 valence electrons. The summed E-state index contributed by atoms with van der Waals surface area (Å²) in [6.07, 6.45) is -0.581. The Morgan fingerprint density at radius 3 is 2.17 bits per heavy atom. The Hall–Kier alpha value is -4.04. The molecule has 11 nitrogen and oxygen atoms in total. The molecule has 4 aliphatic heterocycles. The van der Waals surface area contributed by atoms with Crippen LogP contribution in [0, 0.1) is 17.8 Å². The number of urea groups is 1. The highest BCUT2D eigenvalue weighted by Gasteiger charge is 2.38. The number of carbonyl (C=O) groups is 4. The van der Waals surface area contributed by atoms with E-state index in [1.807, 2.05) is 29.2 Å². The normalized spacial score (nSPS) is 20.4. The molecule has 4 N–H and O–H groups in total. The molecule has 1 atom stereocenters. The molecule has 2 aromatic rings. The van der Waals surface area contributed by atoms with Crippen molar-refractivity contribution in [3.63, 3.8) is 0 Å². The molecule has 1 unspecified atom stereocenters. The molecule has 6 rings (SSSR count). The van der Waals surface area contributed by atoms with Crippen molar-refractivity contribution in [2.45, 2.75) is 70.1 Å². The molecule has 4 aliphatic rings. The number of rotatable bonds is 9. The number of carbonyl (C=O) groups excluding carboxylic acids is 3. The van der Waals surface area contributed by atoms with Crippen LogP contribution in [0.2, 0.25) is 5.02 Å².